The van der Waals surface area contributed by atoms with Gasteiger partial charge in [0.2, 0.25) is 18.5 Å². The van der Waals surface area contributed by atoms with E-state index in [1.165, 1.54) is 9.70 Å². The quantitative estimate of drug-likeness (QED) is 0.360. The Labute approximate surface area is 231 Å². The van der Waals surface area contributed by atoms with Gasteiger partial charge in [0.15, 0.2) is 17.5 Å². The molecule has 0 bridgehead atoms. The van der Waals surface area contributed by atoms with E-state index in [-0.39, 0.29) is 25.3 Å². The summed E-state index contributed by atoms with van der Waals surface area (Å²) in [5.74, 6) is 0.758. The third-order valence-corrected chi connectivity index (χ3v) is 7.09. The maximum Gasteiger partial charge on any atom is 0.251 e. The van der Waals surface area contributed by atoms with E-state index in [4.69, 9.17) is 9.47 Å². The number of carbonyl (C=O) groups excluding carboxylic acids is 2. The lowest BCUT2D eigenvalue weighted by Crippen LogP contribution is -2.48. The number of nitrogens with zero attached hydrogens (tertiary/aromatic N) is 6. The third kappa shape index (κ3) is 5.49. The molecule has 6 rings (SSSR count). The number of anilines is 1. The fraction of sp³-hybridized carbons (Fsp3) is 0.310. The summed E-state index contributed by atoms with van der Waals surface area (Å²) in [6.07, 6.45) is 6.71. The molecule has 0 spiro atoms. The maximum atomic E-state index is 14.1. The molecule has 204 valence electrons. The van der Waals surface area contributed by atoms with Gasteiger partial charge in [-0.25, -0.2) is 0 Å². The molecule has 11 heteroatoms. The third-order valence-electron chi connectivity index (χ3n) is 7.09. The van der Waals surface area contributed by atoms with Gasteiger partial charge in [0, 0.05) is 29.6 Å². The van der Waals surface area contributed by atoms with Crippen molar-refractivity contribution < 1.29 is 19.1 Å². The Morgan fingerprint density at radius 2 is 1.77 bits per heavy atom. The van der Waals surface area contributed by atoms with Gasteiger partial charge >= 0.3 is 0 Å². The SMILES string of the molecule is O=C(NC1CCCCC1)C(c1ccccn1)N(C(=O)Cn1nnc(-c2ccccc2)n1)c1ccc2c(c1)OCO2. The molecular formula is C29H29N7O4. The zero-order valence-electron chi connectivity index (χ0n) is 21.8. The molecule has 4 aromatic rings. The maximum absolute atomic E-state index is 14.1. The fourth-order valence-electron chi connectivity index (χ4n) is 5.13. The Balaban J connectivity index is 1.36. The van der Waals surface area contributed by atoms with Crippen molar-refractivity contribution in [3.8, 4) is 22.9 Å². The van der Waals surface area contributed by atoms with Crippen molar-refractivity contribution in [3.63, 3.8) is 0 Å². The number of fused-ring (bicyclic) bond motifs is 1. The molecule has 2 aromatic heterocycles. The van der Waals surface area contributed by atoms with E-state index in [1.807, 2.05) is 30.3 Å². The van der Waals surface area contributed by atoms with Crippen molar-refractivity contribution in [1.82, 2.24) is 30.5 Å². The standard InChI is InChI=1S/C29H29N7O4/c37-26(18-35-33-28(32-34-35)20-9-3-1-4-10-20)36(22-14-15-24-25(17-22)40-19-39-24)27(23-13-7-8-16-30-23)29(38)31-21-11-5-2-6-12-21/h1,3-4,7-10,13-17,21,27H,2,5-6,11-12,18-19H2,(H,31,38). The first-order valence-electron chi connectivity index (χ1n) is 13.4. The van der Waals surface area contributed by atoms with Gasteiger partial charge in [0.25, 0.3) is 5.91 Å². The molecule has 11 nitrogen and oxygen atoms in total. The first kappa shape index (κ1) is 25.5. The highest BCUT2D eigenvalue weighted by Crippen LogP contribution is 2.38. The molecule has 3 heterocycles. The van der Waals surface area contributed by atoms with Crippen LogP contribution in [0.25, 0.3) is 11.4 Å². The Kier molecular flexibility index (Phi) is 7.34. The molecule has 1 N–H and O–H groups in total. The Morgan fingerprint density at radius 1 is 0.975 bits per heavy atom. The van der Waals surface area contributed by atoms with E-state index >= 15 is 0 Å². The number of rotatable bonds is 8. The van der Waals surface area contributed by atoms with Gasteiger partial charge in [-0.3, -0.25) is 19.5 Å². The van der Waals surface area contributed by atoms with Gasteiger partial charge in [-0.2, -0.15) is 4.80 Å². The Morgan fingerprint density at radius 3 is 2.58 bits per heavy atom. The first-order valence-corrected chi connectivity index (χ1v) is 13.4. The zero-order chi connectivity index (χ0) is 27.3. The van der Waals surface area contributed by atoms with Crippen molar-refractivity contribution >= 4 is 17.5 Å². The fourth-order valence-corrected chi connectivity index (χ4v) is 5.13. The van der Waals surface area contributed by atoms with Crippen LogP contribution < -0.4 is 19.7 Å². The Bertz CT molecular complexity index is 1470. The molecule has 2 amide bonds. The van der Waals surface area contributed by atoms with Crippen molar-refractivity contribution in [1.29, 1.82) is 0 Å². The number of pyridine rings is 1. The predicted molar refractivity (Wildman–Crippen MR) is 145 cm³/mol. The van der Waals surface area contributed by atoms with E-state index in [2.05, 4.69) is 25.7 Å². The van der Waals surface area contributed by atoms with Crippen molar-refractivity contribution in [3.05, 3.63) is 78.6 Å². The molecular weight excluding hydrogens is 510 g/mol. The van der Waals surface area contributed by atoms with Crippen LogP contribution in [0.5, 0.6) is 11.5 Å². The number of hydrogen-bond donors (Lipinski definition) is 1. The van der Waals surface area contributed by atoms with Gasteiger partial charge in [-0.05, 0) is 42.3 Å². The minimum atomic E-state index is -1.03. The molecule has 2 aliphatic rings. The lowest BCUT2D eigenvalue weighted by Gasteiger charge is -2.32. The van der Waals surface area contributed by atoms with Crippen LogP contribution in [0.15, 0.2) is 72.9 Å². The first-order chi connectivity index (χ1) is 19.7. The van der Waals surface area contributed by atoms with E-state index in [0.29, 0.717) is 28.7 Å². The molecule has 1 saturated carbocycles. The molecule has 2 aromatic carbocycles. The molecule has 1 aliphatic heterocycles. The summed E-state index contributed by atoms with van der Waals surface area (Å²) in [6, 6.07) is 18.9. The molecule has 0 saturated heterocycles. The van der Waals surface area contributed by atoms with Gasteiger partial charge in [0.1, 0.15) is 6.54 Å². The average molecular weight is 540 g/mol. The van der Waals surface area contributed by atoms with E-state index < -0.39 is 11.9 Å². The zero-order valence-corrected chi connectivity index (χ0v) is 21.8. The summed E-state index contributed by atoms with van der Waals surface area (Å²) in [4.78, 5) is 35.2. The number of hydrogen-bond acceptors (Lipinski definition) is 8. The highest BCUT2D eigenvalue weighted by atomic mass is 16.7. The summed E-state index contributed by atoms with van der Waals surface area (Å²) in [5, 5.41) is 15.8. The summed E-state index contributed by atoms with van der Waals surface area (Å²) in [5.41, 5.74) is 1.69. The molecule has 0 radical (unpaired) electrons. The predicted octanol–water partition coefficient (Wildman–Crippen LogP) is 3.69. The molecule has 1 fully saturated rings. The highest BCUT2D eigenvalue weighted by Gasteiger charge is 2.36. The van der Waals surface area contributed by atoms with Crippen molar-refractivity contribution in [2.75, 3.05) is 11.7 Å². The smallest absolute Gasteiger partial charge is 0.251 e. The van der Waals surface area contributed by atoms with Crippen LogP contribution in [0, 0.1) is 0 Å². The number of amides is 2. The van der Waals surface area contributed by atoms with Gasteiger partial charge in [-0.15, -0.1) is 10.2 Å². The highest BCUT2D eigenvalue weighted by molar-refractivity contribution is 6.01. The van der Waals surface area contributed by atoms with Crippen molar-refractivity contribution in [2.45, 2.75) is 50.7 Å². The number of tetrazole rings is 1. The molecule has 40 heavy (non-hydrogen) atoms. The minimum Gasteiger partial charge on any atom is -0.454 e. The lowest BCUT2D eigenvalue weighted by molar-refractivity contribution is -0.127. The normalized spacial score (nSPS) is 15.4. The van der Waals surface area contributed by atoms with Crippen LogP contribution >= 0.6 is 0 Å². The second kappa shape index (κ2) is 11.5. The van der Waals surface area contributed by atoms with Gasteiger partial charge in [0.05, 0.1) is 5.69 Å². The van der Waals surface area contributed by atoms with Crippen LogP contribution in [-0.2, 0) is 16.1 Å². The number of ether oxygens (including phenoxy) is 2. The van der Waals surface area contributed by atoms with Crippen LogP contribution in [0.2, 0.25) is 0 Å². The molecule has 1 aliphatic carbocycles. The number of benzene rings is 2. The average Bonchev–Trinajstić information content (AvgIpc) is 3.66. The van der Waals surface area contributed by atoms with Crippen LogP contribution in [0.3, 0.4) is 0 Å². The number of nitrogens with one attached hydrogen (secondary N) is 1. The van der Waals surface area contributed by atoms with Gasteiger partial charge < -0.3 is 14.8 Å². The van der Waals surface area contributed by atoms with Crippen LogP contribution in [0.1, 0.15) is 43.8 Å². The topological polar surface area (TPSA) is 124 Å². The summed E-state index contributed by atoms with van der Waals surface area (Å²) in [6.45, 7) is -0.155. The summed E-state index contributed by atoms with van der Waals surface area (Å²) >= 11 is 0. The van der Waals surface area contributed by atoms with E-state index in [9.17, 15) is 9.59 Å². The number of carbonyl (C=O) groups is 2. The van der Waals surface area contributed by atoms with E-state index in [1.54, 1.807) is 42.6 Å². The minimum absolute atomic E-state index is 0.0478. The van der Waals surface area contributed by atoms with E-state index in [0.717, 1.165) is 37.7 Å². The van der Waals surface area contributed by atoms with Crippen LogP contribution in [-0.4, -0.2) is 49.8 Å². The monoisotopic (exact) mass is 539 g/mol. The van der Waals surface area contributed by atoms with Gasteiger partial charge in [-0.1, -0.05) is 55.7 Å². The second-order valence-corrected chi connectivity index (χ2v) is 9.81. The lowest BCUT2D eigenvalue weighted by atomic mass is 9.95. The largest absolute Gasteiger partial charge is 0.454 e. The Hall–Kier alpha value is -4.80. The summed E-state index contributed by atoms with van der Waals surface area (Å²) < 4.78 is 11.1. The summed E-state index contributed by atoms with van der Waals surface area (Å²) in [7, 11) is 0. The molecule has 1 unspecified atom stereocenters. The number of aromatic nitrogens is 5. The van der Waals surface area contributed by atoms with Crippen molar-refractivity contribution in [2.24, 2.45) is 0 Å². The van der Waals surface area contributed by atoms with Crippen LogP contribution in [0.4, 0.5) is 5.69 Å². The second-order valence-electron chi connectivity index (χ2n) is 9.81. The molecule has 1 atom stereocenters.